The molecule has 2 rings (SSSR count). The number of pyridine rings is 1. The standard InChI is InChI=1S/C18H20N4O2/c1-13-9-15(14(2)22(13)7-8-24-3)10-16(11-19)18(23)21-17-5-4-6-20-12-17/h4-6,9-10,12H,7-8H2,1-3H3,(H,21,23)/b16-10+. The van der Waals surface area contributed by atoms with Gasteiger partial charge in [-0.3, -0.25) is 9.78 Å². The summed E-state index contributed by atoms with van der Waals surface area (Å²) in [5.74, 6) is -0.452. The fourth-order valence-corrected chi connectivity index (χ4v) is 2.44. The lowest BCUT2D eigenvalue weighted by molar-refractivity contribution is -0.112. The predicted octanol–water partition coefficient (Wildman–Crippen LogP) is 2.69. The average Bonchev–Trinajstić information content (AvgIpc) is 2.85. The van der Waals surface area contributed by atoms with Crippen LogP contribution >= 0.6 is 0 Å². The first-order chi connectivity index (χ1) is 11.6. The highest BCUT2D eigenvalue weighted by Crippen LogP contribution is 2.19. The average molecular weight is 324 g/mol. The minimum absolute atomic E-state index is 0.0471. The SMILES string of the molecule is COCCn1c(C)cc(/C=C(\C#N)C(=O)Nc2cccnc2)c1C. The van der Waals surface area contributed by atoms with Crippen LogP contribution in [0.5, 0.6) is 0 Å². The van der Waals surface area contributed by atoms with Crippen molar-refractivity contribution in [2.24, 2.45) is 0 Å². The van der Waals surface area contributed by atoms with Gasteiger partial charge in [0.2, 0.25) is 0 Å². The summed E-state index contributed by atoms with van der Waals surface area (Å²) >= 11 is 0. The Bertz CT molecular complexity index is 785. The number of aromatic nitrogens is 2. The van der Waals surface area contributed by atoms with Crippen LogP contribution in [0.25, 0.3) is 6.08 Å². The third kappa shape index (κ3) is 4.09. The van der Waals surface area contributed by atoms with Crippen LogP contribution in [0.2, 0.25) is 0 Å². The van der Waals surface area contributed by atoms with E-state index < -0.39 is 5.91 Å². The Kier molecular flexibility index (Phi) is 5.88. The molecule has 0 atom stereocenters. The van der Waals surface area contributed by atoms with Gasteiger partial charge in [-0.05, 0) is 43.7 Å². The second kappa shape index (κ2) is 8.09. The number of ether oxygens (including phenoxy) is 1. The summed E-state index contributed by atoms with van der Waals surface area (Å²) in [5.41, 5.74) is 3.49. The van der Waals surface area contributed by atoms with Crippen LogP contribution < -0.4 is 5.32 Å². The number of carbonyl (C=O) groups excluding carboxylic acids is 1. The Hall–Kier alpha value is -2.91. The molecule has 0 aliphatic rings. The van der Waals surface area contributed by atoms with Crippen LogP contribution in [-0.4, -0.2) is 29.2 Å². The van der Waals surface area contributed by atoms with E-state index in [1.165, 1.54) is 6.20 Å². The lowest BCUT2D eigenvalue weighted by Gasteiger charge is -2.08. The molecule has 0 spiro atoms. The van der Waals surface area contributed by atoms with Crippen molar-refractivity contribution in [1.82, 2.24) is 9.55 Å². The molecule has 24 heavy (non-hydrogen) atoms. The van der Waals surface area contributed by atoms with Gasteiger partial charge in [-0.15, -0.1) is 0 Å². The van der Waals surface area contributed by atoms with Gasteiger partial charge in [0.25, 0.3) is 5.91 Å². The van der Waals surface area contributed by atoms with Crippen LogP contribution in [0.4, 0.5) is 5.69 Å². The second-order valence-corrected chi connectivity index (χ2v) is 5.34. The number of nitriles is 1. The molecule has 2 heterocycles. The van der Waals surface area contributed by atoms with Crippen molar-refractivity contribution in [2.45, 2.75) is 20.4 Å². The summed E-state index contributed by atoms with van der Waals surface area (Å²) in [6.45, 7) is 5.28. The second-order valence-electron chi connectivity index (χ2n) is 5.34. The van der Waals surface area contributed by atoms with E-state index in [1.54, 1.807) is 31.5 Å². The Morgan fingerprint density at radius 1 is 1.50 bits per heavy atom. The molecular weight excluding hydrogens is 304 g/mol. The van der Waals surface area contributed by atoms with Crippen molar-refractivity contribution in [1.29, 1.82) is 5.26 Å². The number of nitrogens with one attached hydrogen (secondary N) is 1. The number of anilines is 1. The van der Waals surface area contributed by atoms with Crippen LogP contribution in [0.1, 0.15) is 17.0 Å². The minimum atomic E-state index is -0.452. The van der Waals surface area contributed by atoms with Crippen LogP contribution in [0.3, 0.4) is 0 Å². The third-order valence-electron chi connectivity index (χ3n) is 3.72. The fraction of sp³-hybridized carbons (Fsp3) is 0.278. The molecule has 0 aliphatic carbocycles. The molecule has 6 heteroatoms. The molecule has 0 fully saturated rings. The van der Waals surface area contributed by atoms with Crippen molar-refractivity contribution in [3.63, 3.8) is 0 Å². The summed E-state index contributed by atoms with van der Waals surface area (Å²) in [6, 6.07) is 7.36. The maximum Gasteiger partial charge on any atom is 0.266 e. The number of amides is 1. The van der Waals surface area contributed by atoms with E-state index in [-0.39, 0.29) is 5.57 Å². The first kappa shape index (κ1) is 17.4. The zero-order valence-electron chi connectivity index (χ0n) is 14.0. The summed E-state index contributed by atoms with van der Waals surface area (Å²) in [5, 5.41) is 12.0. The molecular formula is C18H20N4O2. The first-order valence-electron chi connectivity index (χ1n) is 7.55. The van der Waals surface area contributed by atoms with Crippen molar-refractivity contribution in [2.75, 3.05) is 19.0 Å². The van der Waals surface area contributed by atoms with E-state index in [0.717, 1.165) is 23.5 Å². The Balaban J connectivity index is 2.24. The molecule has 124 valence electrons. The largest absolute Gasteiger partial charge is 0.383 e. The van der Waals surface area contributed by atoms with Gasteiger partial charge >= 0.3 is 0 Å². The molecule has 0 unspecified atom stereocenters. The zero-order chi connectivity index (χ0) is 17.5. The Labute approximate surface area is 141 Å². The van der Waals surface area contributed by atoms with E-state index in [9.17, 15) is 10.1 Å². The molecule has 1 amide bonds. The lowest BCUT2D eigenvalue weighted by Crippen LogP contribution is -2.13. The van der Waals surface area contributed by atoms with E-state index in [2.05, 4.69) is 14.9 Å². The highest BCUT2D eigenvalue weighted by Gasteiger charge is 2.13. The number of nitrogens with zero attached hydrogens (tertiary/aromatic N) is 3. The number of methoxy groups -OCH3 is 1. The van der Waals surface area contributed by atoms with Gasteiger partial charge in [0.05, 0.1) is 18.5 Å². The van der Waals surface area contributed by atoms with Crippen LogP contribution in [-0.2, 0) is 16.1 Å². The molecule has 6 nitrogen and oxygen atoms in total. The van der Waals surface area contributed by atoms with Crippen LogP contribution in [0, 0.1) is 25.2 Å². The number of aryl methyl sites for hydroxylation is 1. The van der Waals surface area contributed by atoms with E-state index in [0.29, 0.717) is 12.3 Å². The van der Waals surface area contributed by atoms with Gasteiger partial charge in [0.15, 0.2) is 0 Å². The van der Waals surface area contributed by atoms with Crippen molar-refractivity contribution < 1.29 is 9.53 Å². The summed E-state index contributed by atoms with van der Waals surface area (Å²) in [6.07, 6.45) is 4.76. The van der Waals surface area contributed by atoms with Gasteiger partial charge in [0, 0.05) is 31.2 Å². The van der Waals surface area contributed by atoms with E-state index in [1.807, 2.05) is 26.0 Å². The highest BCUT2D eigenvalue weighted by atomic mass is 16.5. The van der Waals surface area contributed by atoms with Crippen LogP contribution in [0.15, 0.2) is 36.2 Å². The quantitative estimate of drug-likeness (QED) is 0.654. The van der Waals surface area contributed by atoms with Crippen molar-refractivity contribution in [3.8, 4) is 6.07 Å². The van der Waals surface area contributed by atoms with Gasteiger partial charge in [-0.2, -0.15) is 5.26 Å². The monoisotopic (exact) mass is 324 g/mol. The van der Waals surface area contributed by atoms with Gasteiger partial charge in [-0.1, -0.05) is 0 Å². The Morgan fingerprint density at radius 2 is 2.29 bits per heavy atom. The Morgan fingerprint density at radius 3 is 2.92 bits per heavy atom. The van der Waals surface area contributed by atoms with E-state index >= 15 is 0 Å². The summed E-state index contributed by atoms with van der Waals surface area (Å²) < 4.78 is 7.21. The maximum atomic E-state index is 12.3. The van der Waals surface area contributed by atoms with Crippen molar-refractivity contribution >= 4 is 17.7 Å². The minimum Gasteiger partial charge on any atom is -0.383 e. The molecule has 2 aromatic heterocycles. The fourth-order valence-electron chi connectivity index (χ4n) is 2.44. The number of carbonyl (C=O) groups is 1. The summed E-state index contributed by atoms with van der Waals surface area (Å²) in [4.78, 5) is 16.2. The normalized spacial score (nSPS) is 11.2. The smallest absolute Gasteiger partial charge is 0.266 e. The highest BCUT2D eigenvalue weighted by molar-refractivity contribution is 6.09. The molecule has 0 aromatic carbocycles. The molecule has 0 radical (unpaired) electrons. The molecule has 0 aliphatic heterocycles. The van der Waals surface area contributed by atoms with Gasteiger partial charge < -0.3 is 14.6 Å². The predicted molar refractivity (Wildman–Crippen MR) is 92.2 cm³/mol. The molecule has 0 bridgehead atoms. The lowest BCUT2D eigenvalue weighted by atomic mass is 10.1. The molecule has 2 aromatic rings. The van der Waals surface area contributed by atoms with Gasteiger partial charge in [0.1, 0.15) is 11.6 Å². The first-order valence-corrected chi connectivity index (χ1v) is 7.55. The summed E-state index contributed by atoms with van der Waals surface area (Å²) in [7, 11) is 1.66. The number of hydrogen-bond acceptors (Lipinski definition) is 4. The van der Waals surface area contributed by atoms with Crippen molar-refractivity contribution in [3.05, 3.63) is 53.1 Å². The maximum absolute atomic E-state index is 12.3. The topological polar surface area (TPSA) is 79.9 Å². The zero-order valence-corrected chi connectivity index (χ0v) is 14.0. The molecule has 0 saturated carbocycles. The third-order valence-corrected chi connectivity index (χ3v) is 3.72. The van der Waals surface area contributed by atoms with Gasteiger partial charge in [-0.25, -0.2) is 0 Å². The molecule has 0 saturated heterocycles. The number of rotatable bonds is 6. The number of hydrogen-bond donors (Lipinski definition) is 1. The van der Waals surface area contributed by atoms with E-state index in [4.69, 9.17) is 4.74 Å². The molecule has 1 N–H and O–H groups in total.